The third-order valence-electron chi connectivity index (χ3n) is 2.95. The van der Waals surface area contributed by atoms with Gasteiger partial charge in [0.1, 0.15) is 0 Å². The van der Waals surface area contributed by atoms with Gasteiger partial charge in [-0.05, 0) is 31.3 Å². The Morgan fingerprint density at radius 3 is 2.62 bits per heavy atom. The highest BCUT2D eigenvalue weighted by molar-refractivity contribution is 7.98. The Hall–Kier alpha value is -0.200. The molecule has 0 aromatic rings. The van der Waals surface area contributed by atoms with E-state index in [-0.39, 0.29) is 0 Å². The van der Waals surface area contributed by atoms with Crippen LogP contribution in [0.1, 0.15) is 32.1 Å². The van der Waals surface area contributed by atoms with Gasteiger partial charge in [0.25, 0.3) is 0 Å². The molecule has 0 amide bonds. The summed E-state index contributed by atoms with van der Waals surface area (Å²) >= 11 is 1.73. The first-order valence-electron chi connectivity index (χ1n) is 4.83. The van der Waals surface area contributed by atoms with Gasteiger partial charge in [0.15, 0.2) is 0 Å². The smallest absolute Gasteiger partial charge is 0.0832 e. The highest BCUT2D eigenvalue weighted by atomic mass is 32.2. The van der Waals surface area contributed by atoms with Gasteiger partial charge in [-0.25, -0.2) is 0 Å². The number of rotatable bonds is 4. The minimum atomic E-state index is -0.410. The van der Waals surface area contributed by atoms with E-state index in [0.29, 0.717) is 0 Å². The average molecular weight is 199 g/mol. The largest absolute Gasteiger partial charge is 0.391 e. The highest BCUT2D eigenvalue weighted by Crippen LogP contribution is 2.41. The molecule has 2 nitrogen and oxygen atoms in total. The number of aliphatic hydroxyl groups is 1. The van der Waals surface area contributed by atoms with E-state index in [1.165, 1.54) is 0 Å². The van der Waals surface area contributed by atoms with Gasteiger partial charge < -0.3 is 5.11 Å². The van der Waals surface area contributed by atoms with E-state index in [0.717, 1.165) is 37.9 Å². The normalized spacial score (nSPS) is 22.5. The van der Waals surface area contributed by atoms with Gasteiger partial charge >= 0.3 is 0 Å². The van der Waals surface area contributed by atoms with Crippen LogP contribution in [0.2, 0.25) is 0 Å². The van der Waals surface area contributed by atoms with E-state index < -0.39 is 11.5 Å². The Morgan fingerprint density at radius 2 is 2.15 bits per heavy atom. The van der Waals surface area contributed by atoms with Crippen LogP contribution in [0.15, 0.2) is 0 Å². The van der Waals surface area contributed by atoms with Crippen LogP contribution in [0.4, 0.5) is 0 Å². The van der Waals surface area contributed by atoms with Crippen LogP contribution in [0.3, 0.4) is 0 Å². The average Bonchev–Trinajstić information content (AvgIpc) is 2.63. The van der Waals surface area contributed by atoms with E-state index in [4.69, 9.17) is 5.26 Å². The first-order chi connectivity index (χ1) is 6.25. The van der Waals surface area contributed by atoms with Crippen LogP contribution >= 0.6 is 11.8 Å². The molecular weight excluding hydrogens is 182 g/mol. The zero-order valence-electron chi connectivity index (χ0n) is 8.12. The summed E-state index contributed by atoms with van der Waals surface area (Å²) in [4.78, 5) is 0. The maximum atomic E-state index is 9.89. The van der Waals surface area contributed by atoms with E-state index >= 15 is 0 Å². The number of nitriles is 1. The van der Waals surface area contributed by atoms with Crippen molar-refractivity contribution in [1.82, 2.24) is 0 Å². The van der Waals surface area contributed by atoms with Gasteiger partial charge in [0.2, 0.25) is 0 Å². The standard InChI is InChI=1S/C10H17NOS/c1-13-7-4-9(12)10(8-11)5-2-3-6-10/h9,12H,2-7H2,1H3. The fraction of sp³-hybridized carbons (Fsp3) is 0.900. The summed E-state index contributed by atoms with van der Waals surface area (Å²) in [7, 11) is 0. The number of aliphatic hydroxyl groups excluding tert-OH is 1. The van der Waals surface area contributed by atoms with Gasteiger partial charge in [0, 0.05) is 0 Å². The van der Waals surface area contributed by atoms with Gasteiger partial charge in [-0.1, -0.05) is 12.8 Å². The molecular formula is C10H17NOS. The molecule has 13 heavy (non-hydrogen) atoms. The molecule has 1 unspecified atom stereocenters. The van der Waals surface area contributed by atoms with Crippen LogP contribution in [0.5, 0.6) is 0 Å². The van der Waals surface area contributed by atoms with E-state index in [9.17, 15) is 5.11 Å². The number of thioether (sulfide) groups is 1. The van der Waals surface area contributed by atoms with Crippen LogP contribution in [0, 0.1) is 16.7 Å². The molecule has 0 aromatic carbocycles. The van der Waals surface area contributed by atoms with Crippen molar-refractivity contribution in [2.24, 2.45) is 5.41 Å². The molecule has 1 fully saturated rings. The molecule has 0 radical (unpaired) electrons. The van der Waals surface area contributed by atoms with Crippen LogP contribution in [0.25, 0.3) is 0 Å². The summed E-state index contributed by atoms with van der Waals surface area (Å²) in [6, 6.07) is 2.33. The zero-order chi connectivity index (χ0) is 9.73. The summed E-state index contributed by atoms with van der Waals surface area (Å²) in [5, 5.41) is 19.0. The van der Waals surface area contributed by atoms with Crippen molar-refractivity contribution in [1.29, 1.82) is 5.26 Å². The molecule has 1 aliphatic rings. The SMILES string of the molecule is CSCCC(O)C1(C#N)CCCC1. The minimum absolute atomic E-state index is 0.407. The molecule has 0 heterocycles. The molecule has 0 saturated heterocycles. The van der Waals surface area contributed by atoms with E-state index in [1.54, 1.807) is 11.8 Å². The molecule has 0 aliphatic heterocycles. The summed E-state index contributed by atoms with van der Waals surface area (Å²) < 4.78 is 0. The Kier molecular flexibility index (Phi) is 4.08. The molecule has 1 saturated carbocycles. The number of nitrogens with zero attached hydrogens (tertiary/aromatic N) is 1. The molecule has 0 spiro atoms. The first kappa shape index (κ1) is 10.9. The topological polar surface area (TPSA) is 44.0 Å². The van der Waals surface area contributed by atoms with E-state index in [2.05, 4.69) is 6.07 Å². The third kappa shape index (κ3) is 2.38. The van der Waals surface area contributed by atoms with Gasteiger partial charge in [-0.15, -0.1) is 0 Å². The van der Waals surface area contributed by atoms with Crippen molar-refractivity contribution >= 4 is 11.8 Å². The van der Waals surface area contributed by atoms with Crippen LogP contribution < -0.4 is 0 Å². The maximum absolute atomic E-state index is 9.89. The van der Waals surface area contributed by atoms with Crippen LogP contribution in [-0.4, -0.2) is 23.2 Å². The Balaban J connectivity index is 2.50. The van der Waals surface area contributed by atoms with Gasteiger partial charge in [0.05, 0.1) is 17.6 Å². The van der Waals surface area contributed by atoms with Crippen molar-refractivity contribution in [3.8, 4) is 6.07 Å². The highest BCUT2D eigenvalue weighted by Gasteiger charge is 2.40. The predicted molar refractivity (Wildman–Crippen MR) is 55.5 cm³/mol. The lowest BCUT2D eigenvalue weighted by Gasteiger charge is -2.26. The molecule has 1 N–H and O–H groups in total. The summed E-state index contributed by atoms with van der Waals surface area (Å²) in [5.74, 6) is 0.949. The van der Waals surface area contributed by atoms with E-state index in [1.807, 2.05) is 6.26 Å². The fourth-order valence-electron chi connectivity index (χ4n) is 2.03. The summed E-state index contributed by atoms with van der Waals surface area (Å²) in [5.41, 5.74) is -0.407. The van der Waals surface area contributed by atoms with Crippen LogP contribution in [-0.2, 0) is 0 Å². The van der Waals surface area contributed by atoms with Crippen molar-refractivity contribution in [3.05, 3.63) is 0 Å². The fourth-order valence-corrected chi connectivity index (χ4v) is 2.49. The second kappa shape index (κ2) is 4.88. The minimum Gasteiger partial charge on any atom is -0.391 e. The van der Waals surface area contributed by atoms with Crippen molar-refractivity contribution in [2.45, 2.75) is 38.2 Å². The lowest BCUT2D eigenvalue weighted by atomic mass is 9.81. The molecule has 0 bridgehead atoms. The Morgan fingerprint density at radius 1 is 1.54 bits per heavy atom. The number of hydrogen-bond donors (Lipinski definition) is 1. The Bertz CT molecular complexity index is 194. The van der Waals surface area contributed by atoms with Gasteiger partial charge in [-0.2, -0.15) is 17.0 Å². The van der Waals surface area contributed by atoms with Crippen molar-refractivity contribution in [3.63, 3.8) is 0 Å². The second-order valence-electron chi connectivity index (χ2n) is 3.77. The predicted octanol–water partition coefficient (Wildman–Crippen LogP) is 2.18. The quantitative estimate of drug-likeness (QED) is 0.754. The number of hydrogen-bond acceptors (Lipinski definition) is 3. The lowest BCUT2D eigenvalue weighted by Crippen LogP contribution is -2.31. The van der Waals surface area contributed by atoms with Gasteiger partial charge in [-0.3, -0.25) is 0 Å². The molecule has 1 rings (SSSR count). The Labute approximate surface area is 84.3 Å². The first-order valence-corrected chi connectivity index (χ1v) is 6.23. The summed E-state index contributed by atoms with van der Waals surface area (Å²) in [6.45, 7) is 0. The van der Waals surface area contributed by atoms with Crippen molar-refractivity contribution in [2.75, 3.05) is 12.0 Å². The molecule has 1 atom stereocenters. The third-order valence-corrected chi connectivity index (χ3v) is 3.60. The molecule has 0 aromatic heterocycles. The summed E-state index contributed by atoms with van der Waals surface area (Å²) in [6.07, 6.45) is 6.36. The maximum Gasteiger partial charge on any atom is 0.0832 e. The molecule has 3 heteroatoms. The molecule has 74 valence electrons. The lowest BCUT2D eigenvalue weighted by molar-refractivity contribution is 0.0654. The second-order valence-corrected chi connectivity index (χ2v) is 4.76. The van der Waals surface area contributed by atoms with Crippen molar-refractivity contribution < 1.29 is 5.11 Å². The monoisotopic (exact) mass is 199 g/mol. The zero-order valence-corrected chi connectivity index (χ0v) is 8.94. The molecule has 1 aliphatic carbocycles.